The lowest BCUT2D eigenvalue weighted by molar-refractivity contribution is -0.254. The van der Waals surface area contributed by atoms with Crippen molar-refractivity contribution in [2.45, 2.75) is 18.9 Å². The standard InChI is InChI=1S/C18H15NO5/c1-18(10-11-6-2-3-7-12(11)16(22)24-18)17(23)19-14-9-5-4-8-13(14)15(20)21/h2-9H,10H2,1H3,(H,19,23)(H,20,21)/p-1/t18-/m1/s1. The van der Waals surface area contributed by atoms with Gasteiger partial charge in [-0.1, -0.05) is 36.4 Å². The number of benzene rings is 2. The fourth-order valence-corrected chi connectivity index (χ4v) is 2.68. The molecule has 24 heavy (non-hydrogen) atoms. The molecular formula is C18H14NO5-. The van der Waals surface area contributed by atoms with Crippen LogP contribution < -0.4 is 10.4 Å². The molecule has 3 rings (SSSR count). The molecule has 1 heterocycles. The molecule has 0 bridgehead atoms. The number of amides is 1. The number of carboxylic acids is 1. The average Bonchev–Trinajstić information content (AvgIpc) is 2.55. The Morgan fingerprint density at radius 2 is 1.79 bits per heavy atom. The van der Waals surface area contributed by atoms with Crippen molar-refractivity contribution in [1.29, 1.82) is 0 Å². The topological polar surface area (TPSA) is 95.5 Å². The molecule has 1 amide bonds. The van der Waals surface area contributed by atoms with Crippen LogP contribution in [-0.2, 0) is 16.0 Å². The number of para-hydroxylation sites is 1. The van der Waals surface area contributed by atoms with E-state index in [1.165, 1.54) is 25.1 Å². The smallest absolute Gasteiger partial charge is 0.339 e. The predicted molar refractivity (Wildman–Crippen MR) is 83.4 cm³/mol. The third kappa shape index (κ3) is 2.74. The molecule has 2 aromatic carbocycles. The quantitative estimate of drug-likeness (QED) is 0.855. The first kappa shape index (κ1) is 15.7. The van der Waals surface area contributed by atoms with Gasteiger partial charge in [0.15, 0.2) is 5.60 Å². The monoisotopic (exact) mass is 324 g/mol. The van der Waals surface area contributed by atoms with Crippen LogP contribution in [0.4, 0.5) is 5.69 Å². The van der Waals surface area contributed by atoms with Crippen LogP contribution in [0.15, 0.2) is 48.5 Å². The summed E-state index contributed by atoms with van der Waals surface area (Å²) < 4.78 is 5.32. The number of nitrogens with one attached hydrogen (secondary N) is 1. The molecule has 2 aromatic rings. The van der Waals surface area contributed by atoms with Crippen molar-refractivity contribution in [3.05, 3.63) is 65.2 Å². The van der Waals surface area contributed by atoms with Crippen LogP contribution in [0.3, 0.4) is 0 Å². The van der Waals surface area contributed by atoms with Gasteiger partial charge in [0.1, 0.15) is 0 Å². The lowest BCUT2D eigenvalue weighted by Gasteiger charge is -2.33. The third-order valence-electron chi connectivity index (χ3n) is 3.96. The number of carbonyl (C=O) groups is 3. The minimum Gasteiger partial charge on any atom is -0.545 e. The van der Waals surface area contributed by atoms with E-state index in [9.17, 15) is 19.5 Å². The second-order valence-corrected chi connectivity index (χ2v) is 5.74. The molecule has 0 unspecified atom stereocenters. The van der Waals surface area contributed by atoms with E-state index in [2.05, 4.69) is 5.32 Å². The maximum Gasteiger partial charge on any atom is 0.339 e. The summed E-state index contributed by atoms with van der Waals surface area (Å²) in [7, 11) is 0. The molecule has 0 aliphatic carbocycles. The highest BCUT2D eigenvalue weighted by molar-refractivity contribution is 6.05. The summed E-state index contributed by atoms with van der Waals surface area (Å²) in [6, 6.07) is 12.8. The Morgan fingerprint density at radius 3 is 2.54 bits per heavy atom. The minimum absolute atomic E-state index is 0.0960. The van der Waals surface area contributed by atoms with E-state index in [1.54, 1.807) is 30.3 Å². The van der Waals surface area contributed by atoms with Crippen molar-refractivity contribution < 1.29 is 24.2 Å². The number of ether oxygens (including phenoxy) is 1. The normalized spacial score (nSPS) is 19.1. The van der Waals surface area contributed by atoms with Crippen LogP contribution in [0.2, 0.25) is 0 Å². The van der Waals surface area contributed by atoms with Gasteiger partial charge in [-0.2, -0.15) is 0 Å². The van der Waals surface area contributed by atoms with Gasteiger partial charge in [-0.3, -0.25) is 4.79 Å². The van der Waals surface area contributed by atoms with Crippen LogP contribution in [0.1, 0.15) is 33.2 Å². The first-order valence-electron chi connectivity index (χ1n) is 7.34. The van der Waals surface area contributed by atoms with Crippen molar-refractivity contribution in [2.75, 3.05) is 5.32 Å². The number of rotatable bonds is 3. The Labute approximate surface area is 138 Å². The number of carboxylic acid groups (broad SMARTS) is 1. The number of cyclic esters (lactones) is 1. The average molecular weight is 324 g/mol. The second-order valence-electron chi connectivity index (χ2n) is 5.74. The molecule has 0 radical (unpaired) electrons. The maximum atomic E-state index is 12.6. The minimum atomic E-state index is -1.43. The van der Waals surface area contributed by atoms with Gasteiger partial charge in [0.25, 0.3) is 5.91 Å². The van der Waals surface area contributed by atoms with Crippen LogP contribution in [0, 0.1) is 0 Å². The second kappa shape index (κ2) is 5.81. The van der Waals surface area contributed by atoms with Crippen molar-refractivity contribution in [3.8, 4) is 0 Å². The zero-order chi connectivity index (χ0) is 17.3. The van der Waals surface area contributed by atoms with Gasteiger partial charge in [-0.15, -0.1) is 0 Å². The van der Waals surface area contributed by atoms with Crippen LogP contribution >= 0.6 is 0 Å². The Kier molecular flexibility index (Phi) is 3.81. The SMILES string of the molecule is C[C@]1(C(=O)Nc2ccccc2C(=O)[O-])Cc2ccccc2C(=O)O1. The molecule has 0 saturated carbocycles. The molecule has 0 aromatic heterocycles. The Morgan fingerprint density at radius 1 is 1.12 bits per heavy atom. The number of esters is 1. The van der Waals surface area contributed by atoms with E-state index in [4.69, 9.17) is 4.74 Å². The summed E-state index contributed by atoms with van der Waals surface area (Å²) in [4.78, 5) is 35.9. The largest absolute Gasteiger partial charge is 0.545 e. The summed E-state index contributed by atoms with van der Waals surface area (Å²) in [6.07, 6.45) is 0.203. The summed E-state index contributed by atoms with van der Waals surface area (Å²) in [6.45, 7) is 1.50. The van der Waals surface area contributed by atoms with Gasteiger partial charge in [0.05, 0.1) is 11.5 Å². The molecule has 1 aliphatic rings. The number of aromatic carboxylic acids is 1. The van der Waals surface area contributed by atoms with Crippen molar-refractivity contribution in [2.24, 2.45) is 0 Å². The third-order valence-corrected chi connectivity index (χ3v) is 3.96. The van der Waals surface area contributed by atoms with E-state index in [0.717, 1.165) is 0 Å². The zero-order valence-electron chi connectivity index (χ0n) is 12.9. The highest BCUT2D eigenvalue weighted by Gasteiger charge is 2.42. The summed E-state index contributed by atoms with van der Waals surface area (Å²) >= 11 is 0. The number of hydrogen-bond donors (Lipinski definition) is 1. The molecular weight excluding hydrogens is 310 g/mol. The van der Waals surface area contributed by atoms with E-state index in [-0.39, 0.29) is 17.7 Å². The summed E-state index contributed by atoms with van der Waals surface area (Å²) in [5.74, 6) is -2.58. The van der Waals surface area contributed by atoms with Crippen LogP contribution in [0.5, 0.6) is 0 Å². The maximum absolute atomic E-state index is 12.6. The number of hydrogen-bond acceptors (Lipinski definition) is 5. The van der Waals surface area contributed by atoms with Gasteiger partial charge in [0.2, 0.25) is 0 Å². The van der Waals surface area contributed by atoms with Crippen LogP contribution in [0.25, 0.3) is 0 Å². The fourth-order valence-electron chi connectivity index (χ4n) is 2.68. The van der Waals surface area contributed by atoms with Crippen molar-refractivity contribution in [1.82, 2.24) is 0 Å². The fraction of sp³-hybridized carbons (Fsp3) is 0.167. The molecule has 1 N–H and O–H groups in total. The Hall–Kier alpha value is -3.15. The molecule has 122 valence electrons. The molecule has 6 nitrogen and oxygen atoms in total. The lowest BCUT2D eigenvalue weighted by Crippen LogP contribution is -2.49. The van der Waals surface area contributed by atoms with E-state index in [1.807, 2.05) is 0 Å². The molecule has 0 saturated heterocycles. The summed E-state index contributed by atoms with van der Waals surface area (Å²) in [5.41, 5.74) is -0.335. The van der Waals surface area contributed by atoms with E-state index in [0.29, 0.717) is 11.1 Å². The number of carbonyl (C=O) groups excluding carboxylic acids is 3. The molecule has 1 aliphatic heterocycles. The van der Waals surface area contributed by atoms with Gasteiger partial charge in [-0.25, -0.2) is 4.79 Å². The number of fused-ring (bicyclic) bond motifs is 1. The van der Waals surface area contributed by atoms with E-state index < -0.39 is 23.4 Å². The molecule has 6 heteroatoms. The summed E-state index contributed by atoms with van der Waals surface area (Å²) in [5, 5.41) is 13.6. The molecule has 0 spiro atoms. The molecule has 0 fully saturated rings. The molecule has 1 atom stereocenters. The van der Waals surface area contributed by atoms with Crippen molar-refractivity contribution >= 4 is 23.5 Å². The Bertz CT molecular complexity index is 845. The first-order chi connectivity index (χ1) is 11.4. The number of anilines is 1. The first-order valence-corrected chi connectivity index (χ1v) is 7.34. The predicted octanol–water partition coefficient (Wildman–Crippen LogP) is 1.16. The van der Waals surface area contributed by atoms with Gasteiger partial charge >= 0.3 is 5.97 Å². The lowest BCUT2D eigenvalue weighted by atomic mass is 9.89. The van der Waals surface area contributed by atoms with Gasteiger partial charge in [0, 0.05) is 17.7 Å². The highest BCUT2D eigenvalue weighted by Crippen LogP contribution is 2.29. The zero-order valence-corrected chi connectivity index (χ0v) is 12.9. The van der Waals surface area contributed by atoms with Gasteiger partial charge < -0.3 is 20.0 Å². The highest BCUT2D eigenvalue weighted by atomic mass is 16.6. The van der Waals surface area contributed by atoms with Crippen LogP contribution in [-0.4, -0.2) is 23.4 Å². The Balaban J connectivity index is 1.89. The van der Waals surface area contributed by atoms with Crippen molar-refractivity contribution in [3.63, 3.8) is 0 Å². The van der Waals surface area contributed by atoms with Gasteiger partial charge in [-0.05, 0) is 24.6 Å². The van der Waals surface area contributed by atoms with E-state index >= 15 is 0 Å².